The lowest BCUT2D eigenvalue weighted by Crippen LogP contribution is -2.46. The SMILES string of the molecule is CCOC(=O)N1CCC(N(C)CCc2ccc(Oc3ccc(C(N)=O)cn3)cc2)CC1. The van der Waals surface area contributed by atoms with Gasteiger partial charge in [0.15, 0.2) is 0 Å². The summed E-state index contributed by atoms with van der Waals surface area (Å²) in [5, 5.41) is 0. The Labute approximate surface area is 182 Å². The summed E-state index contributed by atoms with van der Waals surface area (Å²) in [5.74, 6) is 0.576. The predicted molar refractivity (Wildman–Crippen MR) is 117 cm³/mol. The summed E-state index contributed by atoms with van der Waals surface area (Å²) >= 11 is 0. The average molecular weight is 427 g/mol. The lowest BCUT2D eigenvalue weighted by molar-refractivity contribution is 0.0810. The number of ether oxygens (including phenoxy) is 2. The number of aromatic nitrogens is 1. The van der Waals surface area contributed by atoms with Crippen molar-refractivity contribution >= 4 is 12.0 Å². The number of likely N-dealkylation sites (N-methyl/N-ethyl adjacent to an activating group) is 1. The zero-order chi connectivity index (χ0) is 22.2. The third kappa shape index (κ3) is 6.42. The van der Waals surface area contributed by atoms with Gasteiger partial charge in [-0.3, -0.25) is 4.79 Å². The van der Waals surface area contributed by atoms with E-state index in [1.807, 2.05) is 31.2 Å². The van der Waals surface area contributed by atoms with Crippen LogP contribution >= 0.6 is 0 Å². The van der Waals surface area contributed by atoms with Crippen LogP contribution < -0.4 is 10.5 Å². The first kappa shape index (κ1) is 22.6. The number of carbonyl (C=O) groups is 2. The van der Waals surface area contributed by atoms with Crippen LogP contribution in [-0.2, 0) is 11.2 Å². The zero-order valence-electron chi connectivity index (χ0n) is 18.1. The molecular weight excluding hydrogens is 396 g/mol. The normalized spacial score (nSPS) is 14.5. The smallest absolute Gasteiger partial charge is 0.409 e. The maximum Gasteiger partial charge on any atom is 0.409 e. The highest BCUT2D eigenvalue weighted by Gasteiger charge is 2.25. The first-order valence-corrected chi connectivity index (χ1v) is 10.6. The van der Waals surface area contributed by atoms with E-state index >= 15 is 0 Å². The molecule has 3 rings (SSSR count). The van der Waals surface area contributed by atoms with Crippen molar-refractivity contribution in [3.05, 3.63) is 53.7 Å². The number of nitrogens with two attached hydrogens (primary N) is 1. The van der Waals surface area contributed by atoms with E-state index in [1.54, 1.807) is 17.0 Å². The Hall–Kier alpha value is -3.13. The summed E-state index contributed by atoms with van der Waals surface area (Å²) in [4.78, 5) is 31.2. The Morgan fingerprint density at radius 1 is 1.16 bits per heavy atom. The largest absolute Gasteiger partial charge is 0.450 e. The van der Waals surface area contributed by atoms with Gasteiger partial charge in [0.05, 0.1) is 12.2 Å². The Balaban J connectivity index is 1.44. The van der Waals surface area contributed by atoms with Gasteiger partial charge in [0.2, 0.25) is 11.8 Å². The molecule has 166 valence electrons. The molecule has 2 aromatic rings. The molecule has 8 heteroatoms. The van der Waals surface area contributed by atoms with Crippen molar-refractivity contribution in [1.29, 1.82) is 0 Å². The highest BCUT2D eigenvalue weighted by Crippen LogP contribution is 2.21. The van der Waals surface area contributed by atoms with Crippen LogP contribution in [0.3, 0.4) is 0 Å². The average Bonchev–Trinajstić information content (AvgIpc) is 2.79. The number of amides is 2. The van der Waals surface area contributed by atoms with Crippen molar-refractivity contribution in [1.82, 2.24) is 14.8 Å². The topological polar surface area (TPSA) is 98.0 Å². The minimum absolute atomic E-state index is 0.204. The van der Waals surface area contributed by atoms with Crippen LogP contribution in [0.2, 0.25) is 0 Å². The van der Waals surface area contributed by atoms with Crippen molar-refractivity contribution in [3.63, 3.8) is 0 Å². The standard InChI is InChI=1S/C23H30N4O4/c1-3-30-23(29)27-14-11-19(12-15-27)26(2)13-10-17-4-7-20(8-5-17)31-21-9-6-18(16-25-21)22(24)28/h4-9,16,19H,3,10-15H2,1-2H3,(H2,24,28). The molecule has 1 aromatic carbocycles. The van der Waals surface area contributed by atoms with Crippen molar-refractivity contribution in [2.45, 2.75) is 32.2 Å². The Morgan fingerprint density at radius 3 is 2.45 bits per heavy atom. The summed E-state index contributed by atoms with van der Waals surface area (Å²) in [6.45, 7) is 4.68. The summed E-state index contributed by atoms with van der Waals surface area (Å²) in [6, 6.07) is 11.6. The fourth-order valence-electron chi connectivity index (χ4n) is 3.62. The van der Waals surface area contributed by atoms with Gasteiger partial charge in [0.25, 0.3) is 0 Å². The molecule has 1 saturated heterocycles. The summed E-state index contributed by atoms with van der Waals surface area (Å²) in [6.07, 6.45) is 4.05. The van der Waals surface area contributed by atoms with E-state index in [0.29, 0.717) is 29.8 Å². The van der Waals surface area contributed by atoms with E-state index in [9.17, 15) is 9.59 Å². The van der Waals surface area contributed by atoms with Crippen LogP contribution in [0.1, 0.15) is 35.7 Å². The second-order valence-electron chi connectivity index (χ2n) is 7.64. The fraction of sp³-hybridized carbons (Fsp3) is 0.435. The van der Waals surface area contributed by atoms with Gasteiger partial charge in [-0.15, -0.1) is 0 Å². The van der Waals surface area contributed by atoms with Gasteiger partial charge in [-0.2, -0.15) is 0 Å². The maximum atomic E-state index is 11.8. The molecule has 0 unspecified atom stereocenters. The molecule has 0 bridgehead atoms. The molecule has 0 saturated carbocycles. The van der Waals surface area contributed by atoms with Crippen LogP contribution in [0.4, 0.5) is 4.79 Å². The van der Waals surface area contributed by atoms with Crippen LogP contribution in [0, 0.1) is 0 Å². The molecule has 2 heterocycles. The first-order valence-electron chi connectivity index (χ1n) is 10.6. The monoisotopic (exact) mass is 426 g/mol. The Kier molecular flexibility index (Phi) is 7.83. The van der Waals surface area contributed by atoms with Gasteiger partial charge < -0.3 is 25.0 Å². The zero-order valence-corrected chi connectivity index (χ0v) is 18.1. The second-order valence-corrected chi connectivity index (χ2v) is 7.64. The number of nitrogens with zero attached hydrogens (tertiary/aromatic N) is 3. The van der Waals surface area contributed by atoms with Gasteiger partial charge in [-0.1, -0.05) is 12.1 Å². The minimum Gasteiger partial charge on any atom is -0.450 e. The quantitative estimate of drug-likeness (QED) is 0.697. The number of pyridine rings is 1. The van der Waals surface area contributed by atoms with Crippen molar-refractivity contribution in [2.24, 2.45) is 5.73 Å². The number of piperidine rings is 1. The number of likely N-dealkylation sites (tertiary alicyclic amines) is 1. The second kappa shape index (κ2) is 10.8. The highest BCUT2D eigenvalue weighted by atomic mass is 16.6. The Morgan fingerprint density at radius 2 is 1.87 bits per heavy atom. The molecule has 0 aliphatic carbocycles. The third-order valence-corrected chi connectivity index (χ3v) is 5.53. The van der Waals surface area contributed by atoms with Gasteiger partial charge in [0, 0.05) is 37.9 Å². The lowest BCUT2D eigenvalue weighted by atomic mass is 10.0. The van der Waals surface area contributed by atoms with E-state index < -0.39 is 5.91 Å². The first-order chi connectivity index (χ1) is 15.0. The molecule has 31 heavy (non-hydrogen) atoms. The number of hydrogen-bond donors (Lipinski definition) is 1. The summed E-state index contributed by atoms with van der Waals surface area (Å²) in [7, 11) is 2.14. The molecule has 1 fully saturated rings. The van der Waals surface area contributed by atoms with Crippen LogP contribution in [0.15, 0.2) is 42.6 Å². The number of benzene rings is 1. The van der Waals surface area contributed by atoms with Gasteiger partial charge in [-0.25, -0.2) is 9.78 Å². The molecule has 1 aromatic heterocycles. The van der Waals surface area contributed by atoms with E-state index in [2.05, 4.69) is 16.9 Å². The van der Waals surface area contributed by atoms with Gasteiger partial charge >= 0.3 is 6.09 Å². The number of primary amides is 1. The van der Waals surface area contributed by atoms with E-state index in [4.69, 9.17) is 15.2 Å². The maximum absolute atomic E-state index is 11.8. The predicted octanol–water partition coefficient (Wildman–Crippen LogP) is 3.07. The molecule has 0 spiro atoms. The Bertz CT molecular complexity index is 862. The van der Waals surface area contributed by atoms with E-state index in [-0.39, 0.29) is 6.09 Å². The molecule has 1 aliphatic rings. The number of hydrogen-bond acceptors (Lipinski definition) is 6. The molecule has 0 atom stereocenters. The molecule has 2 amide bonds. The summed E-state index contributed by atoms with van der Waals surface area (Å²) < 4.78 is 10.8. The third-order valence-electron chi connectivity index (χ3n) is 5.53. The molecule has 0 radical (unpaired) electrons. The van der Waals surface area contributed by atoms with E-state index in [0.717, 1.165) is 38.9 Å². The number of rotatable bonds is 8. The fourth-order valence-corrected chi connectivity index (χ4v) is 3.62. The van der Waals surface area contributed by atoms with Crippen LogP contribution in [0.5, 0.6) is 11.6 Å². The van der Waals surface area contributed by atoms with Crippen molar-refractivity contribution < 1.29 is 19.1 Å². The highest BCUT2D eigenvalue weighted by molar-refractivity contribution is 5.92. The minimum atomic E-state index is -0.516. The molecule has 1 aliphatic heterocycles. The lowest BCUT2D eigenvalue weighted by Gasteiger charge is -2.36. The molecule has 2 N–H and O–H groups in total. The van der Waals surface area contributed by atoms with Gasteiger partial charge in [0.1, 0.15) is 5.75 Å². The van der Waals surface area contributed by atoms with Crippen LogP contribution in [0.25, 0.3) is 0 Å². The molecule has 8 nitrogen and oxygen atoms in total. The molecular formula is C23H30N4O4. The summed E-state index contributed by atoms with van der Waals surface area (Å²) in [5.41, 5.74) is 6.78. The number of carbonyl (C=O) groups excluding carboxylic acids is 2. The van der Waals surface area contributed by atoms with Crippen molar-refractivity contribution in [2.75, 3.05) is 33.3 Å². The van der Waals surface area contributed by atoms with Crippen LogP contribution in [-0.4, -0.2) is 66.1 Å². The van der Waals surface area contributed by atoms with Crippen molar-refractivity contribution in [3.8, 4) is 11.6 Å². The van der Waals surface area contributed by atoms with E-state index in [1.165, 1.54) is 11.8 Å². The van der Waals surface area contributed by atoms with Gasteiger partial charge in [-0.05, 0) is 57.0 Å².